The number of rotatable bonds is 10. The molecule has 0 amide bonds. The summed E-state index contributed by atoms with van der Waals surface area (Å²) < 4.78 is 30.6. The maximum Gasteiger partial charge on any atom is 0.212 e. The predicted octanol–water partition coefficient (Wildman–Crippen LogP) is 0.330. The molecule has 0 aromatic carbocycles. The molecule has 0 fully saturated rings. The average Bonchev–Trinajstić information content (AvgIpc) is 2.16. The summed E-state index contributed by atoms with van der Waals surface area (Å²) in [5, 5.41) is 3.07. The van der Waals surface area contributed by atoms with Crippen LogP contribution in [0.25, 0.3) is 0 Å². The molecule has 0 bridgehead atoms. The van der Waals surface area contributed by atoms with Crippen LogP contribution in [-0.4, -0.2) is 46.5 Å². The highest BCUT2D eigenvalue weighted by atomic mass is 32.2. The van der Waals surface area contributed by atoms with E-state index in [2.05, 4.69) is 10.0 Å². The lowest BCUT2D eigenvalue weighted by Crippen LogP contribution is -2.35. The normalized spacial score (nSPS) is 12.2. The number of hydrogen-bond donors (Lipinski definition) is 2. The first kappa shape index (κ1) is 15.8. The quantitative estimate of drug-likeness (QED) is 0.550. The highest BCUT2D eigenvalue weighted by Crippen LogP contribution is 1.87. The van der Waals surface area contributed by atoms with Crippen LogP contribution in [-0.2, 0) is 14.8 Å². The van der Waals surface area contributed by atoms with Crippen molar-refractivity contribution in [3.63, 3.8) is 0 Å². The van der Waals surface area contributed by atoms with Crippen LogP contribution in [0.15, 0.2) is 0 Å². The Bertz CT molecular complexity index is 253. The van der Waals surface area contributed by atoms with Gasteiger partial charge in [0, 0.05) is 32.3 Å². The van der Waals surface area contributed by atoms with Gasteiger partial charge in [-0.25, -0.2) is 13.1 Å². The second-order valence-electron chi connectivity index (χ2n) is 3.87. The van der Waals surface area contributed by atoms with Crippen LogP contribution >= 0.6 is 0 Å². The van der Waals surface area contributed by atoms with E-state index in [9.17, 15) is 8.42 Å². The van der Waals surface area contributed by atoms with Gasteiger partial charge in [0.2, 0.25) is 10.0 Å². The zero-order valence-corrected chi connectivity index (χ0v) is 11.3. The first-order valence-electron chi connectivity index (χ1n) is 5.76. The molecule has 0 aromatic rings. The van der Waals surface area contributed by atoms with E-state index in [1.165, 1.54) is 0 Å². The Kier molecular flexibility index (Phi) is 8.83. The van der Waals surface area contributed by atoms with Crippen LogP contribution in [0.2, 0.25) is 0 Å². The number of ether oxygens (including phenoxy) is 1. The van der Waals surface area contributed by atoms with Crippen LogP contribution in [0.3, 0.4) is 0 Å². The van der Waals surface area contributed by atoms with Gasteiger partial charge in [-0.15, -0.1) is 0 Å². The topological polar surface area (TPSA) is 67.4 Å². The zero-order valence-electron chi connectivity index (χ0n) is 10.5. The lowest BCUT2D eigenvalue weighted by Gasteiger charge is -2.09. The molecule has 0 aliphatic heterocycles. The smallest absolute Gasteiger partial charge is 0.212 e. The first-order valence-corrected chi connectivity index (χ1v) is 7.41. The minimum atomic E-state index is -3.13. The molecule has 2 N–H and O–H groups in total. The van der Waals surface area contributed by atoms with Gasteiger partial charge in [-0.1, -0.05) is 13.8 Å². The zero-order chi connectivity index (χ0) is 12.4. The number of sulfonamides is 1. The molecular formula is C10H24N2O3S. The molecule has 0 saturated heterocycles. The molecule has 0 aromatic heterocycles. The molecule has 0 radical (unpaired) electrons. The molecule has 6 heteroatoms. The van der Waals surface area contributed by atoms with E-state index in [0.29, 0.717) is 38.8 Å². The van der Waals surface area contributed by atoms with Gasteiger partial charge in [-0.2, -0.15) is 0 Å². The van der Waals surface area contributed by atoms with Crippen molar-refractivity contribution in [1.82, 2.24) is 10.0 Å². The molecule has 0 aliphatic rings. The summed E-state index contributed by atoms with van der Waals surface area (Å²) in [7, 11) is -3.13. The summed E-state index contributed by atoms with van der Waals surface area (Å²) in [6, 6.07) is 0.313. The van der Waals surface area contributed by atoms with Gasteiger partial charge in [0.25, 0.3) is 0 Å². The first-order chi connectivity index (χ1) is 7.48. The lowest BCUT2D eigenvalue weighted by atomic mass is 10.4. The Hall–Kier alpha value is -0.170. The van der Waals surface area contributed by atoms with Crippen molar-refractivity contribution in [3.8, 4) is 0 Å². The standard InChI is InChI=1S/C10H24N2O3S/c1-4-15-8-5-6-12-16(13,14)9-7-11-10(2)3/h10-12H,4-9H2,1-3H3. The third-order valence-corrected chi connectivity index (χ3v) is 3.30. The lowest BCUT2D eigenvalue weighted by molar-refractivity contribution is 0.146. The van der Waals surface area contributed by atoms with Gasteiger partial charge < -0.3 is 10.1 Å². The Morgan fingerprint density at radius 3 is 2.50 bits per heavy atom. The van der Waals surface area contributed by atoms with Crippen molar-refractivity contribution >= 4 is 10.0 Å². The van der Waals surface area contributed by atoms with E-state index in [1.807, 2.05) is 20.8 Å². The molecule has 0 spiro atoms. The van der Waals surface area contributed by atoms with Gasteiger partial charge in [0.1, 0.15) is 0 Å². The Morgan fingerprint density at radius 1 is 1.25 bits per heavy atom. The third kappa shape index (κ3) is 10.4. The highest BCUT2D eigenvalue weighted by Gasteiger charge is 2.08. The predicted molar refractivity (Wildman–Crippen MR) is 66.0 cm³/mol. The minimum absolute atomic E-state index is 0.125. The van der Waals surface area contributed by atoms with Crippen molar-refractivity contribution in [2.24, 2.45) is 0 Å². The Balaban J connectivity index is 3.55. The second kappa shape index (κ2) is 8.92. The van der Waals surface area contributed by atoms with Crippen LogP contribution in [0.5, 0.6) is 0 Å². The molecule has 0 heterocycles. The molecule has 0 unspecified atom stereocenters. The van der Waals surface area contributed by atoms with Crippen molar-refractivity contribution in [2.75, 3.05) is 32.1 Å². The van der Waals surface area contributed by atoms with Crippen LogP contribution < -0.4 is 10.0 Å². The maximum atomic E-state index is 11.5. The molecule has 16 heavy (non-hydrogen) atoms. The van der Waals surface area contributed by atoms with E-state index < -0.39 is 10.0 Å². The minimum Gasteiger partial charge on any atom is -0.382 e. The van der Waals surface area contributed by atoms with E-state index in [1.54, 1.807) is 0 Å². The summed E-state index contributed by atoms with van der Waals surface area (Å²) in [4.78, 5) is 0. The highest BCUT2D eigenvalue weighted by molar-refractivity contribution is 7.89. The van der Waals surface area contributed by atoms with E-state index >= 15 is 0 Å². The van der Waals surface area contributed by atoms with E-state index in [-0.39, 0.29) is 5.75 Å². The fourth-order valence-corrected chi connectivity index (χ4v) is 2.09. The summed E-state index contributed by atoms with van der Waals surface area (Å²) in [5.41, 5.74) is 0. The summed E-state index contributed by atoms with van der Waals surface area (Å²) in [5.74, 6) is 0.125. The van der Waals surface area contributed by atoms with E-state index in [0.717, 1.165) is 0 Å². The van der Waals surface area contributed by atoms with Crippen molar-refractivity contribution < 1.29 is 13.2 Å². The van der Waals surface area contributed by atoms with Gasteiger partial charge in [0.15, 0.2) is 0 Å². The molecule has 0 aliphatic carbocycles. The fourth-order valence-electron chi connectivity index (χ4n) is 1.10. The molecule has 0 atom stereocenters. The average molecular weight is 252 g/mol. The van der Waals surface area contributed by atoms with E-state index in [4.69, 9.17) is 4.74 Å². The van der Waals surface area contributed by atoms with Crippen molar-refractivity contribution in [1.29, 1.82) is 0 Å². The monoisotopic (exact) mass is 252 g/mol. The number of nitrogens with one attached hydrogen (secondary N) is 2. The van der Waals surface area contributed by atoms with Gasteiger partial charge >= 0.3 is 0 Å². The second-order valence-corrected chi connectivity index (χ2v) is 5.80. The van der Waals surface area contributed by atoms with Crippen LogP contribution in [0.4, 0.5) is 0 Å². The van der Waals surface area contributed by atoms with Gasteiger partial charge in [0.05, 0.1) is 5.75 Å². The maximum absolute atomic E-state index is 11.5. The van der Waals surface area contributed by atoms with Crippen molar-refractivity contribution in [2.45, 2.75) is 33.2 Å². The van der Waals surface area contributed by atoms with Crippen LogP contribution in [0.1, 0.15) is 27.2 Å². The molecule has 0 rings (SSSR count). The summed E-state index contributed by atoms with van der Waals surface area (Å²) in [6.07, 6.45) is 0.713. The largest absolute Gasteiger partial charge is 0.382 e. The molecule has 98 valence electrons. The molecule has 5 nitrogen and oxygen atoms in total. The Labute approximate surface area is 99.0 Å². The summed E-state index contributed by atoms with van der Waals surface area (Å²) in [6.45, 7) is 8.10. The third-order valence-electron chi connectivity index (χ3n) is 1.91. The fraction of sp³-hybridized carbons (Fsp3) is 1.00. The van der Waals surface area contributed by atoms with Crippen molar-refractivity contribution in [3.05, 3.63) is 0 Å². The molecular weight excluding hydrogens is 228 g/mol. The van der Waals surface area contributed by atoms with Gasteiger partial charge in [-0.05, 0) is 13.3 Å². The molecule has 0 saturated carbocycles. The summed E-state index contributed by atoms with van der Waals surface area (Å²) >= 11 is 0. The number of hydrogen-bond acceptors (Lipinski definition) is 4. The SMILES string of the molecule is CCOCCCNS(=O)(=O)CCNC(C)C. The van der Waals surface area contributed by atoms with Crippen LogP contribution in [0, 0.1) is 0 Å². The Morgan fingerprint density at radius 2 is 1.94 bits per heavy atom. The van der Waals surface area contributed by atoms with Gasteiger partial charge in [-0.3, -0.25) is 0 Å².